The molecule has 0 radical (unpaired) electrons. The molecule has 1 aliphatic rings. The van der Waals surface area contributed by atoms with Gasteiger partial charge in [-0.25, -0.2) is 10.0 Å². The van der Waals surface area contributed by atoms with Crippen molar-refractivity contribution in [3.05, 3.63) is 65.2 Å². The molecule has 5 nitrogen and oxygen atoms in total. The van der Waals surface area contributed by atoms with Gasteiger partial charge in [-0.3, -0.25) is 4.79 Å². The molecule has 0 atom stereocenters. The number of rotatable bonds is 9. The van der Waals surface area contributed by atoms with E-state index in [1.807, 2.05) is 36.4 Å². The maximum absolute atomic E-state index is 12.9. The Morgan fingerprint density at radius 2 is 1.73 bits per heavy atom. The summed E-state index contributed by atoms with van der Waals surface area (Å²) in [6.45, 7) is 12.9. The minimum absolute atomic E-state index is 0.00591. The highest BCUT2D eigenvalue weighted by atomic mass is 16.5. The number of carbonyl (C=O) groups excluding carboxylic acids is 1. The van der Waals surface area contributed by atoms with Crippen molar-refractivity contribution >= 4 is 5.91 Å². The number of hydrogen-bond acceptors (Lipinski definition) is 4. The Labute approximate surface area is 181 Å². The number of benzene rings is 2. The lowest BCUT2D eigenvalue weighted by molar-refractivity contribution is 0.0388. The second kappa shape index (κ2) is 10.6. The van der Waals surface area contributed by atoms with E-state index in [-0.39, 0.29) is 11.9 Å². The zero-order valence-electron chi connectivity index (χ0n) is 18.7. The van der Waals surface area contributed by atoms with Crippen molar-refractivity contribution in [1.29, 1.82) is 0 Å². The molecule has 1 N–H and O–H groups in total. The Morgan fingerprint density at radius 1 is 1.07 bits per heavy atom. The predicted molar refractivity (Wildman–Crippen MR) is 122 cm³/mol. The van der Waals surface area contributed by atoms with Crippen LogP contribution in [0.1, 0.15) is 49.2 Å². The van der Waals surface area contributed by atoms with Crippen LogP contribution >= 0.6 is 0 Å². The van der Waals surface area contributed by atoms with E-state index in [2.05, 4.69) is 55.2 Å². The van der Waals surface area contributed by atoms with Crippen LogP contribution in [0.5, 0.6) is 5.75 Å². The average Bonchev–Trinajstić information content (AvgIpc) is 3.15. The SMILES string of the molecule is CCN1CC(NC(=O)c2ccc(OCc3ccccc3)c(CC(C)C)c2)CN1CC. The fourth-order valence-electron chi connectivity index (χ4n) is 4.01. The molecule has 1 amide bonds. The van der Waals surface area contributed by atoms with Crippen molar-refractivity contribution in [3.63, 3.8) is 0 Å². The highest BCUT2D eigenvalue weighted by Crippen LogP contribution is 2.25. The summed E-state index contributed by atoms with van der Waals surface area (Å²) in [4.78, 5) is 12.9. The van der Waals surface area contributed by atoms with Gasteiger partial charge in [-0.15, -0.1) is 0 Å². The minimum Gasteiger partial charge on any atom is -0.489 e. The second-order valence-corrected chi connectivity index (χ2v) is 8.38. The van der Waals surface area contributed by atoms with Crippen LogP contribution in [0.15, 0.2) is 48.5 Å². The van der Waals surface area contributed by atoms with Crippen LogP contribution in [0.2, 0.25) is 0 Å². The number of likely N-dealkylation sites (N-methyl/N-ethyl adjacent to an activating group) is 2. The smallest absolute Gasteiger partial charge is 0.251 e. The third kappa shape index (κ3) is 5.83. The van der Waals surface area contributed by atoms with Crippen molar-refractivity contribution < 1.29 is 9.53 Å². The molecule has 1 saturated heterocycles. The van der Waals surface area contributed by atoms with Crippen LogP contribution in [0.4, 0.5) is 0 Å². The highest BCUT2D eigenvalue weighted by Gasteiger charge is 2.29. The van der Waals surface area contributed by atoms with Gasteiger partial charge in [0.25, 0.3) is 5.91 Å². The number of carbonyl (C=O) groups is 1. The maximum Gasteiger partial charge on any atom is 0.251 e. The first-order valence-corrected chi connectivity index (χ1v) is 11.1. The summed E-state index contributed by atoms with van der Waals surface area (Å²) in [6, 6.07) is 16.1. The summed E-state index contributed by atoms with van der Waals surface area (Å²) in [6.07, 6.45) is 0.877. The fraction of sp³-hybridized carbons (Fsp3) is 0.480. The van der Waals surface area contributed by atoms with Crippen LogP contribution in [0.3, 0.4) is 0 Å². The van der Waals surface area contributed by atoms with Gasteiger partial charge in [0.15, 0.2) is 0 Å². The summed E-state index contributed by atoms with van der Waals surface area (Å²) in [7, 11) is 0. The quantitative estimate of drug-likeness (QED) is 0.676. The third-order valence-electron chi connectivity index (χ3n) is 5.52. The van der Waals surface area contributed by atoms with Crippen molar-refractivity contribution in [2.75, 3.05) is 26.2 Å². The first kappa shape index (κ1) is 22.3. The molecule has 5 heteroatoms. The fourth-order valence-corrected chi connectivity index (χ4v) is 4.01. The molecule has 3 rings (SSSR count). The molecular formula is C25H35N3O2. The summed E-state index contributed by atoms with van der Waals surface area (Å²) in [5.74, 6) is 1.33. The van der Waals surface area contributed by atoms with Gasteiger partial charge in [-0.1, -0.05) is 58.0 Å². The molecule has 0 saturated carbocycles. The van der Waals surface area contributed by atoms with Gasteiger partial charge >= 0.3 is 0 Å². The number of amides is 1. The Hall–Kier alpha value is -2.37. The summed E-state index contributed by atoms with van der Waals surface area (Å²) >= 11 is 0. The lowest BCUT2D eigenvalue weighted by atomic mass is 9.99. The summed E-state index contributed by atoms with van der Waals surface area (Å²) in [5.41, 5.74) is 2.93. The Kier molecular flexibility index (Phi) is 7.88. The van der Waals surface area contributed by atoms with E-state index >= 15 is 0 Å². The highest BCUT2D eigenvalue weighted by molar-refractivity contribution is 5.94. The van der Waals surface area contributed by atoms with E-state index in [1.165, 1.54) is 0 Å². The zero-order valence-corrected chi connectivity index (χ0v) is 18.7. The topological polar surface area (TPSA) is 44.8 Å². The van der Waals surface area contributed by atoms with E-state index in [1.54, 1.807) is 0 Å². The van der Waals surface area contributed by atoms with Crippen molar-refractivity contribution in [2.24, 2.45) is 5.92 Å². The number of ether oxygens (including phenoxy) is 1. The average molecular weight is 410 g/mol. The first-order valence-electron chi connectivity index (χ1n) is 11.1. The Bertz CT molecular complexity index is 810. The van der Waals surface area contributed by atoms with Crippen molar-refractivity contribution in [2.45, 2.75) is 46.8 Å². The largest absolute Gasteiger partial charge is 0.489 e. The van der Waals surface area contributed by atoms with E-state index in [9.17, 15) is 4.79 Å². The Balaban J connectivity index is 1.69. The number of nitrogens with one attached hydrogen (secondary N) is 1. The second-order valence-electron chi connectivity index (χ2n) is 8.38. The molecule has 0 unspecified atom stereocenters. The van der Waals surface area contributed by atoms with Gasteiger partial charge in [0.05, 0.1) is 6.04 Å². The van der Waals surface area contributed by atoms with Crippen LogP contribution in [0, 0.1) is 5.92 Å². The molecule has 1 heterocycles. The Morgan fingerprint density at radius 3 is 2.33 bits per heavy atom. The minimum atomic E-state index is -0.00591. The van der Waals surface area contributed by atoms with E-state index < -0.39 is 0 Å². The van der Waals surface area contributed by atoms with Gasteiger partial charge in [0, 0.05) is 31.7 Å². The summed E-state index contributed by atoms with van der Waals surface area (Å²) in [5, 5.41) is 7.82. The lowest BCUT2D eigenvalue weighted by Gasteiger charge is -2.24. The molecule has 1 aliphatic heterocycles. The standard InChI is InChI=1S/C25H35N3O2/c1-5-27-16-23(17-28(27)6-2)26-25(29)21-12-13-24(22(15-21)14-19(3)4)30-18-20-10-8-7-9-11-20/h7-13,15,19,23H,5-6,14,16-18H2,1-4H3,(H,26,29). The molecule has 2 aromatic rings. The maximum atomic E-state index is 12.9. The molecule has 162 valence electrons. The molecule has 1 fully saturated rings. The van der Waals surface area contributed by atoms with Crippen LogP contribution in [-0.4, -0.2) is 48.1 Å². The third-order valence-corrected chi connectivity index (χ3v) is 5.52. The molecular weight excluding hydrogens is 374 g/mol. The number of hydrazine groups is 1. The van der Waals surface area contributed by atoms with E-state index in [4.69, 9.17) is 4.74 Å². The van der Waals surface area contributed by atoms with Crippen molar-refractivity contribution in [3.8, 4) is 5.75 Å². The van der Waals surface area contributed by atoms with Gasteiger partial charge in [-0.05, 0) is 41.7 Å². The van der Waals surface area contributed by atoms with Crippen LogP contribution in [0.25, 0.3) is 0 Å². The van der Waals surface area contributed by atoms with Crippen LogP contribution in [-0.2, 0) is 13.0 Å². The monoisotopic (exact) mass is 409 g/mol. The number of hydrogen-bond donors (Lipinski definition) is 1. The molecule has 0 aromatic heterocycles. The normalized spacial score (nSPS) is 15.6. The van der Waals surface area contributed by atoms with Gasteiger partial charge in [0.2, 0.25) is 0 Å². The van der Waals surface area contributed by atoms with Gasteiger partial charge < -0.3 is 10.1 Å². The van der Waals surface area contributed by atoms with Crippen LogP contribution < -0.4 is 10.1 Å². The molecule has 0 spiro atoms. The lowest BCUT2D eigenvalue weighted by Crippen LogP contribution is -2.38. The molecule has 0 aliphatic carbocycles. The van der Waals surface area contributed by atoms with Gasteiger partial charge in [0.1, 0.15) is 12.4 Å². The summed E-state index contributed by atoms with van der Waals surface area (Å²) < 4.78 is 6.10. The molecule has 30 heavy (non-hydrogen) atoms. The molecule has 0 bridgehead atoms. The zero-order chi connectivity index (χ0) is 21.5. The number of nitrogens with zero attached hydrogens (tertiary/aromatic N) is 2. The predicted octanol–water partition coefficient (Wildman–Crippen LogP) is 4.13. The van der Waals surface area contributed by atoms with E-state index in [0.29, 0.717) is 18.1 Å². The van der Waals surface area contributed by atoms with E-state index in [0.717, 1.165) is 49.5 Å². The van der Waals surface area contributed by atoms with Crippen molar-refractivity contribution in [1.82, 2.24) is 15.3 Å². The first-order chi connectivity index (χ1) is 14.5. The van der Waals surface area contributed by atoms with Gasteiger partial charge in [-0.2, -0.15) is 0 Å². The molecule has 2 aromatic carbocycles.